The number of aliphatic hydroxyl groups is 1. The lowest BCUT2D eigenvalue weighted by Gasteiger charge is -2.35. The van der Waals surface area contributed by atoms with Gasteiger partial charge in [-0.05, 0) is 39.7 Å². The summed E-state index contributed by atoms with van der Waals surface area (Å²) in [5.74, 6) is 0. The fourth-order valence-electron chi connectivity index (χ4n) is 2.64. The summed E-state index contributed by atoms with van der Waals surface area (Å²) < 4.78 is 0. The maximum absolute atomic E-state index is 9.81. The fraction of sp³-hybridized carbons (Fsp3) is 0.571. The number of rotatable bonds is 2. The Labute approximate surface area is 97.9 Å². The molecule has 0 radical (unpaired) electrons. The van der Waals surface area contributed by atoms with Crippen LogP contribution in [0.2, 0.25) is 0 Å². The lowest BCUT2D eigenvalue weighted by molar-refractivity contribution is 0.199. The largest absolute Gasteiger partial charge is 0.389 e. The van der Waals surface area contributed by atoms with Gasteiger partial charge in [0.1, 0.15) is 0 Å². The molecule has 0 unspecified atom stereocenters. The standard InChI is InChI=1S/C14H21NO/c1-11(16)12-7-4-5-8-13(12)15-10-6-9-14(15,2)3/h4-5,7-8,11,16H,6,9-10H2,1-3H3/t11-/m1/s1. The molecule has 1 N–H and O–H groups in total. The van der Waals surface area contributed by atoms with Crippen molar-refractivity contribution in [1.29, 1.82) is 0 Å². The van der Waals surface area contributed by atoms with Crippen molar-refractivity contribution in [2.24, 2.45) is 0 Å². The van der Waals surface area contributed by atoms with Gasteiger partial charge in [0, 0.05) is 23.3 Å². The van der Waals surface area contributed by atoms with E-state index in [1.54, 1.807) is 0 Å². The molecule has 16 heavy (non-hydrogen) atoms. The van der Waals surface area contributed by atoms with Gasteiger partial charge in [-0.25, -0.2) is 0 Å². The summed E-state index contributed by atoms with van der Waals surface area (Å²) in [5, 5.41) is 9.81. The fourth-order valence-corrected chi connectivity index (χ4v) is 2.64. The van der Waals surface area contributed by atoms with Crippen molar-refractivity contribution >= 4 is 5.69 Å². The lowest BCUT2D eigenvalue weighted by atomic mass is 9.99. The molecule has 0 saturated carbocycles. The zero-order valence-electron chi connectivity index (χ0n) is 10.4. The van der Waals surface area contributed by atoms with E-state index in [1.807, 2.05) is 19.1 Å². The van der Waals surface area contributed by atoms with Gasteiger partial charge in [-0.2, -0.15) is 0 Å². The molecule has 2 rings (SSSR count). The van der Waals surface area contributed by atoms with Crippen LogP contribution in [-0.4, -0.2) is 17.2 Å². The minimum absolute atomic E-state index is 0.213. The van der Waals surface area contributed by atoms with Crippen molar-refractivity contribution in [2.75, 3.05) is 11.4 Å². The van der Waals surface area contributed by atoms with E-state index in [2.05, 4.69) is 30.9 Å². The number of nitrogens with zero attached hydrogens (tertiary/aromatic N) is 1. The molecule has 1 aromatic carbocycles. The smallest absolute Gasteiger partial charge is 0.0781 e. The normalized spacial score (nSPS) is 21.1. The number of hydrogen-bond donors (Lipinski definition) is 1. The Morgan fingerprint density at radius 3 is 2.56 bits per heavy atom. The monoisotopic (exact) mass is 219 g/mol. The molecule has 1 atom stereocenters. The van der Waals surface area contributed by atoms with E-state index < -0.39 is 6.10 Å². The summed E-state index contributed by atoms with van der Waals surface area (Å²) >= 11 is 0. The molecule has 0 amide bonds. The molecule has 2 nitrogen and oxygen atoms in total. The van der Waals surface area contributed by atoms with E-state index >= 15 is 0 Å². The first kappa shape index (κ1) is 11.5. The van der Waals surface area contributed by atoms with Gasteiger partial charge < -0.3 is 10.0 Å². The number of benzene rings is 1. The molecule has 0 bridgehead atoms. The minimum Gasteiger partial charge on any atom is -0.389 e. The molecule has 1 aliphatic rings. The predicted octanol–water partition coefficient (Wildman–Crippen LogP) is 3.12. The van der Waals surface area contributed by atoms with E-state index in [0.29, 0.717) is 0 Å². The van der Waals surface area contributed by atoms with E-state index in [0.717, 1.165) is 12.1 Å². The number of aliphatic hydroxyl groups excluding tert-OH is 1. The third kappa shape index (κ3) is 1.94. The number of hydrogen-bond acceptors (Lipinski definition) is 2. The molecule has 1 fully saturated rings. The first-order valence-electron chi connectivity index (χ1n) is 6.07. The highest BCUT2D eigenvalue weighted by Crippen LogP contribution is 2.37. The van der Waals surface area contributed by atoms with Crippen molar-refractivity contribution in [3.63, 3.8) is 0 Å². The molecule has 0 aromatic heterocycles. The average Bonchev–Trinajstić information content (AvgIpc) is 2.58. The summed E-state index contributed by atoms with van der Waals surface area (Å²) in [4.78, 5) is 2.43. The van der Waals surface area contributed by atoms with Crippen molar-refractivity contribution in [3.05, 3.63) is 29.8 Å². The van der Waals surface area contributed by atoms with Gasteiger partial charge >= 0.3 is 0 Å². The van der Waals surface area contributed by atoms with Crippen LogP contribution in [0, 0.1) is 0 Å². The average molecular weight is 219 g/mol. The van der Waals surface area contributed by atoms with Crippen LogP contribution in [0.3, 0.4) is 0 Å². The van der Waals surface area contributed by atoms with Crippen LogP contribution >= 0.6 is 0 Å². The molecule has 0 aliphatic carbocycles. The predicted molar refractivity (Wildman–Crippen MR) is 67.7 cm³/mol. The van der Waals surface area contributed by atoms with Gasteiger partial charge in [0.05, 0.1) is 6.10 Å². The third-order valence-corrected chi connectivity index (χ3v) is 3.58. The quantitative estimate of drug-likeness (QED) is 0.826. The Bertz CT molecular complexity index is 371. The highest BCUT2D eigenvalue weighted by Gasteiger charge is 2.33. The van der Waals surface area contributed by atoms with Crippen LogP contribution in [-0.2, 0) is 0 Å². The Morgan fingerprint density at radius 1 is 1.31 bits per heavy atom. The molecule has 2 heteroatoms. The molecule has 1 aliphatic heterocycles. The van der Waals surface area contributed by atoms with E-state index in [-0.39, 0.29) is 5.54 Å². The van der Waals surface area contributed by atoms with Crippen molar-refractivity contribution in [3.8, 4) is 0 Å². The Morgan fingerprint density at radius 2 is 2.00 bits per heavy atom. The van der Waals surface area contributed by atoms with Crippen LogP contribution in [0.5, 0.6) is 0 Å². The van der Waals surface area contributed by atoms with E-state index in [4.69, 9.17) is 0 Å². The van der Waals surface area contributed by atoms with Crippen LogP contribution in [0.15, 0.2) is 24.3 Å². The van der Waals surface area contributed by atoms with Gasteiger partial charge in [0.15, 0.2) is 0 Å². The van der Waals surface area contributed by atoms with Gasteiger partial charge in [0.25, 0.3) is 0 Å². The summed E-state index contributed by atoms with van der Waals surface area (Å²) in [6.07, 6.45) is 2.06. The van der Waals surface area contributed by atoms with Crippen LogP contribution in [0.1, 0.15) is 45.3 Å². The zero-order chi connectivity index (χ0) is 11.8. The van der Waals surface area contributed by atoms with Gasteiger partial charge in [-0.3, -0.25) is 0 Å². The maximum atomic E-state index is 9.81. The summed E-state index contributed by atoms with van der Waals surface area (Å²) in [6, 6.07) is 8.19. The van der Waals surface area contributed by atoms with Crippen molar-refractivity contribution in [1.82, 2.24) is 0 Å². The van der Waals surface area contributed by atoms with Gasteiger partial charge in [-0.1, -0.05) is 18.2 Å². The highest BCUT2D eigenvalue weighted by atomic mass is 16.3. The second kappa shape index (κ2) is 4.10. The molecule has 0 spiro atoms. The van der Waals surface area contributed by atoms with Crippen molar-refractivity contribution < 1.29 is 5.11 Å². The number of para-hydroxylation sites is 1. The topological polar surface area (TPSA) is 23.5 Å². The molecule has 1 aromatic rings. The second-order valence-electron chi connectivity index (χ2n) is 5.30. The minimum atomic E-state index is -0.396. The Balaban J connectivity index is 2.40. The zero-order valence-corrected chi connectivity index (χ0v) is 10.4. The molecule has 1 heterocycles. The number of anilines is 1. The summed E-state index contributed by atoms with van der Waals surface area (Å²) in [5.41, 5.74) is 2.45. The van der Waals surface area contributed by atoms with E-state index in [1.165, 1.54) is 18.5 Å². The Kier molecular flexibility index (Phi) is 2.94. The summed E-state index contributed by atoms with van der Waals surface area (Å²) in [6.45, 7) is 7.48. The molecule has 1 saturated heterocycles. The SMILES string of the molecule is C[C@@H](O)c1ccccc1N1CCCC1(C)C. The first-order valence-corrected chi connectivity index (χ1v) is 6.07. The third-order valence-electron chi connectivity index (χ3n) is 3.58. The molecular formula is C14H21NO. The lowest BCUT2D eigenvalue weighted by Crippen LogP contribution is -2.38. The molecule has 88 valence electrons. The molecular weight excluding hydrogens is 198 g/mol. The van der Waals surface area contributed by atoms with Crippen LogP contribution in [0.4, 0.5) is 5.69 Å². The van der Waals surface area contributed by atoms with Gasteiger partial charge in [-0.15, -0.1) is 0 Å². The van der Waals surface area contributed by atoms with Crippen molar-refractivity contribution in [2.45, 2.75) is 45.3 Å². The first-order chi connectivity index (χ1) is 7.52. The second-order valence-corrected chi connectivity index (χ2v) is 5.30. The maximum Gasteiger partial charge on any atom is 0.0781 e. The summed E-state index contributed by atoms with van der Waals surface area (Å²) in [7, 11) is 0. The van der Waals surface area contributed by atoms with E-state index in [9.17, 15) is 5.11 Å². The van der Waals surface area contributed by atoms with Crippen LogP contribution < -0.4 is 4.90 Å². The van der Waals surface area contributed by atoms with Crippen LogP contribution in [0.25, 0.3) is 0 Å². The Hall–Kier alpha value is -1.02. The highest BCUT2D eigenvalue weighted by molar-refractivity contribution is 5.57. The van der Waals surface area contributed by atoms with Gasteiger partial charge in [0.2, 0.25) is 0 Å².